The molecule has 0 N–H and O–H groups in total. The molecule has 1 aromatic heterocycles. The lowest BCUT2D eigenvalue weighted by molar-refractivity contribution is -0.0738. The number of hydrogen-bond acceptors (Lipinski definition) is 5. The van der Waals surface area contributed by atoms with Crippen LogP contribution >= 0.6 is 11.6 Å². The fourth-order valence-electron chi connectivity index (χ4n) is 2.47. The molecule has 21 heavy (non-hydrogen) atoms. The van der Waals surface area contributed by atoms with Gasteiger partial charge < -0.3 is 14.4 Å². The van der Waals surface area contributed by atoms with Crippen LogP contribution < -0.4 is 9.64 Å². The Morgan fingerprint density at radius 1 is 1.48 bits per heavy atom. The predicted octanol–water partition coefficient (Wildman–Crippen LogP) is 2.80. The third kappa shape index (κ3) is 4.45. The lowest BCUT2D eigenvalue weighted by Crippen LogP contribution is -2.54. The van der Waals surface area contributed by atoms with Crippen LogP contribution in [0.2, 0.25) is 0 Å². The Morgan fingerprint density at radius 2 is 2.24 bits per heavy atom. The molecule has 1 unspecified atom stereocenters. The van der Waals surface area contributed by atoms with E-state index < -0.39 is 0 Å². The molecule has 0 aromatic carbocycles. The fourth-order valence-corrected chi connectivity index (χ4v) is 2.64. The SMILES string of the molecule is CCCOc1cc(C)nc(N2CC(CCl)OC(C)(C)C2)n1. The van der Waals surface area contributed by atoms with Crippen molar-refractivity contribution in [2.24, 2.45) is 0 Å². The van der Waals surface area contributed by atoms with E-state index in [1.54, 1.807) is 0 Å². The van der Waals surface area contributed by atoms with Gasteiger partial charge in [0.25, 0.3) is 0 Å². The number of anilines is 1. The Balaban J connectivity index is 2.21. The van der Waals surface area contributed by atoms with Gasteiger partial charge in [-0.25, -0.2) is 4.98 Å². The Morgan fingerprint density at radius 3 is 2.90 bits per heavy atom. The topological polar surface area (TPSA) is 47.5 Å². The van der Waals surface area contributed by atoms with Crippen LogP contribution in [0.5, 0.6) is 5.88 Å². The molecule has 118 valence electrons. The number of alkyl halides is 1. The summed E-state index contributed by atoms with van der Waals surface area (Å²) in [5, 5.41) is 0. The van der Waals surface area contributed by atoms with Crippen LogP contribution in [0.1, 0.15) is 32.9 Å². The summed E-state index contributed by atoms with van der Waals surface area (Å²) in [6.07, 6.45) is 0.941. The second-order valence-corrected chi connectivity index (χ2v) is 6.34. The average Bonchev–Trinajstić information content (AvgIpc) is 2.42. The van der Waals surface area contributed by atoms with E-state index in [1.165, 1.54) is 0 Å². The summed E-state index contributed by atoms with van der Waals surface area (Å²) in [7, 11) is 0. The van der Waals surface area contributed by atoms with E-state index in [0.29, 0.717) is 30.9 Å². The molecule has 1 saturated heterocycles. The van der Waals surface area contributed by atoms with Gasteiger partial charge in [0.15, 0.2) is 0 Å². The highest BCUT2D eigenvalue weighted by Gasteiger charge is 2.34. The first-order chi connectivity index (χ1) is 9.93. The van der Waals surface area contributed by atoms with Crippen LogP contribution in [-0.2, 0) is 4.74 Å². The van der Waals surface area contributed by atoms with Gasteiger partial charge >= 0.3 is 0 Å². The lowest BCUT2D eigenvalue weighted by Gasteiger charge is -2.42. The molecule has 0 bridgehead atoms. The molecule has 1 fully saturated rings. The van der Waals surface area contributed by atoms with E-state index in [0.717, 1.165) is 18.7 Å². The van der Waals surface area contributed by atoms with E-state index in [9.17, 15) is 0 Å². The number of aromatic nitrogens is 2. The van der Waals surface area contributed by atoms with Gasteiger partial charge in [-0.05, 0) is 27.2 Å². The Bertz CT molecular complexity index is 482. The van der Waals surface area contributed by atoms with Gasteiger partial charge in [0.2, 0.25) is 11.8 Å². The summed E-state index contributed by atoms with van der Waals surface area (Å²) < 4.78 is 11.6. The molecule has 5 nitrogen and oxygen atoms in total. The summed E-state index contributed by atoms with van der Waals surface area (Å²) in [5.74, 6) is 1.78. The first kappa shape index (κ1) is 16.3. The maximum absolute atomic E-state index is 5.97. The predicted molar refractivity (Wildman–Crippen MR) is 84.4 cm³/mol. The van der Waals surface area contributed by atoms with E-state index in [1.807, 2.05) is 13.0 Å². The summed E-state index contributed by atoms with van der Waals surface area (Å²) in [6.45, 7) is 10.2. The zero-order chi connectivity index (χ0) is 15.5. The molecule has 1 aliphatic rings. The van der Waals surface area contributed by atoms with Gasteiger partial charge in [0, 0.05) is 24.8 Å². The number of hydrogen-bond donors (Lipinski definition) is 0. The maximum atomic E-state index is 5.97. The monoisotopic (exact) mass is 313 g/mol. The molecule has 2 heterocycles. The van der Waals surface area contributed by atoms with Crippen molar-refractivity contribution in [2.75, 3.05) is 30.5 Å². The van der Waals surface area contributed by atoms with Crippen molar-refractivity contribution >= 4 is 17.5 Å². The van der Waals surface area contributed by atoms with Crippen LogP contribution in [-0.4, -0.2) is 47.2 Å². The normalized spacial score (nSPS) is 21.4. The number of halogens is 1. The number of morpholine rings is 1. The smallest absolute Gasteiger partial charge is 0.229 e. The summed E-state index contributed by atoms with van der Waals surface area (Å²) in [4.78, 5) is 11.2. The van der Waals surface area contributed by atoms with Gasteiger partial charge in [-0.15, -0.1) is 11.6 Å². The van der Waals surface area contributed by atoms with Gasteiger partial charge in [0.1, 0.15) is 0 Å². The minimum Gasteiger partial charge on any atom is -0.478 e. The molecule has 2 rings (SSSR count). The quantitative estimate of drug-likeness (QED) is 0.782. The first-order valence-corrected chi connectivity index (χ1v) is 7.94. The minimum atomic E-state index is -0.269. The number of nitrogens with zero attached hydrogens (tertiary/aromatic N) is 3. The van der Waals surface area contributed by atoms with Gasteiger partial charge in [-0.1, -0.05) is 6.92 Å². The molecule has 0 amide bonds. The third-order valence-electron chi connectivity index (χ3n) is 3.21. The van der Waals surface area contributed by atoms with Gasteiger partial charge in [0.05, 0.1) is 24.2 Å². The second-order valence-electron chi connectivity index (χ2n) is 6.03. The zero-order valence-corrected chi connectivity index (χ0v) is 14.0. The highest BCUT2D eigenvalue weighted by Crippen LogP contribution is 2.26. The van der Waals surface area contributed by atoms with Gasteiger partial charge in [-0.3, -0.25) is 0 Å². The molecule has 0 aliphatic carbocycles. The molecule has 1 aliphatic heterocycles. The molecule has 1 aromatic rings. The highest BCUT2D eigenvalue weighted by atomic mass is 35.5. The van der Waals surface area contributed by atoms with Crippen molar-refractivity contribution in [1.82, 2.24) is 9.97 Å². The zero-order valence-electron chi connectivity index (χ0n) is 13.2. The maximum Gasteiger partial charge on any atom is 0.229 e. The van der Waals surface area contributed by atoms with E-state index in [-0.39, 0.29) is 11.7 Å². The van der Waals surface area contributed by atoms with Crippen molar-refractivity contribution in [3.8, 4) is 5.88 Å². The van der Waals surface area contributed by atoms with Crippen molar-refractivity contribution < 1.29 is 9.47 Å². The number of rotatable bonds is 5. The van der Waals surface area contributed by atoms with E-state index in [2.05, 4.69) is 35.6 Å². The number of ether oxygens (including phenoxy) is 2. The van der Waals surface area contributed by atoms with Crippen molar-refractivity contribution in [3.05, 3.63) is 11.8 Å². The Hall–Kier alpha value is -1.07. The fraction of sp³-hybridized carbons (Fsp3) is 0.733. The lowest BCUT2D eigenvalue weighted by atomic mass is 10.1. The Labute approximate surface area is 131 Å². The second kappa shape index (κ2) is 6.79. The minimum absolute atomic E-state index is 0.0143. The third-order valence-corrected chi connectivity index (χ3v) is 3.55. The molecule has 0 spiro atoms. The van der Waals surface area contributed by atoms with E-state index >= 15 is 0 Å². The van der Waals surface area contributed by atoms with E-state index in [4.69, 9.17) is 21.1 Å². The Kier molecular flexibility index (Phi) is 5.27. The summed E-state index contributed by atoms with van der Waals surface area (Å²) >= 11 is 5.97. The summed E-state index contributed by atoms with van der Waals surface area (Å²) in [5.41, 5.74) is 0.632. The summed E-state index contributed by atoms with van der Waals surface area (Å²) in [6, 6.07) is 1.86. The van der Waals surface area contributed by atoms with Gasteiger partial charge in [-0.2, -0.15) is 4.98 Å². The first-order valence-electron chi connectivity index (χ1n) is 7.40. The van der Waals surface area contributed by atoms with Crippen LogP contribution in [0.15, 0.2) is 6.07 Å². The molecule has 1 atom stereocenters. The molecule has 0 saturated carbocycles. The molecular formula is C15H24ClN3O2. The van der Waals surface area contributed by atoms with Crippen LogP contribution in [0, 0.1) is 6.92 Å². The standard InChI is InChI=1S/C15H24ClN3O2/c1-5-6-20-13-7-11(2)17-14(18-13)19-9-12(8-16)21-15(3,4)10-19/h7,12H,5-6,8-10H2,1-4H3. The van der Waals surface area contributed by atoms with Crippen molar-refractivity contribution in [2.45, 2.75) is 45.8 Å². The average molecular weight is 314 g/mol. The van der Waals surface area contributed by atoms with Crippen LogP contribution in [0.4, 0.5) is 5.95 Å². The van der Waals surface area contributed by atoms with Crippen LogP contribution in [0.3, 0.4) is 0 Å². The molecule has 6 heteroatoms. The van der Waals surface area contributed by atoms with Crippen molar-refractivity contribution in [3.63, 3.8) is 0 Å². The molecule has 0 radical (unpaired) electrons. The van der Waals surface area contributed by atoms with Crippen molar-refractivity contribution in [1.29, 1.82) is 0 Å². The number of aryl methyl sites for hydroxylation is 1. The largest absolute Gasteiger partial charge is 0.478 e. The van der Waals surface area contributed by atoms with Crippen LogP contribution in [0.25, 0.3) is 0 Å². The highest BCUT2D eigenvalue weighted by molar-refractivity contribution is 6.18. The molecular weight excluding hydrogens is 290 g/mol.